The van der Waals surface area contributed by atoms with Crippen LogP contribution < -0.4 is 4.74 Å². The molecule has 0 saturated carbocycles. The van der Waals surface area contributed by atoms with E-state index in [1.165, 1.54) is 5.69 Å². The molecule has 0 atom stereocenters. The highest BCUT2D eigenvalue weighted by molar-refractivity contribution is 5.86. The van der Waals surface area contributed by atoms with Crippen molar-refractivity contribution in [1.29, 1.82) is 0 Å². The van der Waals surface area contributed by atoms with Gasteiger partial charge in [-0.05, 0) is 18.2 Å². The number of para-hydroxylation sites is 2. The Bertz CT molecular complexity index is 965. The van der Waals surface area contributed by atoms with Crippen molar-refractivity contribution in [2.75, 3.05) is 19.8 Å². The standard InChI is InChI=1S/C21H20N2O4/c24-20(13-27-21(25)14-26-15-6-2-1-3-7-15)23-11-10-19-17(12-23)16-8-4-5-9-18(16)22-19/h1-9,22H,10-14H2. The fourth-order valence-corrected chi connectivity index (χ4v) is 3.31. The molecule has 1 aliphatic heterocycles. The number of hydrogen-bond acceptors (Lipinski definition) is 4. The lowest BCUT2D eigenvalue weighted by Crippen LogP contribution is -2.38. The smallest absolute Gasteiger partial charge is 0.344 e. The topological polar surface area (TPSA) is 71.6 Å². The number of nitrogens with zero attached hydrogens (tertiary/aromatic N) is 1. The summed E-state index contributed by atoms with van der Waals surface area (Å²) in [6.45, 7) is 0.644. The molecule has 1 aliphatic rings. The number of carbonyl (C=O) groups excluding carboxylic acids is 2. The van der Waals surface area contributed by atoms with Crippen LogP contribution in [0.5, 0.6) is 5.75 Å². The van der Waals surface area contributed by atoms with Crippen LogP contribution in [0.15, 0.2) is 54.6 Å². The molecular weight excluding hydrogens is 344 g/mol. The molecule has 0 aliphatic carbocycles. The molecule has 1 amide bonds. The van der Waals surface area contributed by atoms with Gasteiger partial charge in [-0.3, -0.25) is 4.79 Å². The monoisotopic (exact) mass is 364 g/mol. The van der Waals surface area contributed by atoms with Gasteiger partial charge in [-0.15, -0.1) is 0 Å². The van der Waals surface area contributed by atoms with Crippen molar-refractivity contribution in [3.8, 4) is 5.75 Å². The Kier molecular flexibility index (Phi) is 4.78. The normalized spacial score (nSPS) is 13.3. The average Bonchev–Trinajstić information content (AvgIpc) is 3.09. The summed E-state index contributed by atoms with van der Waals surface area (Å²) in [5.41, 5.74) is 3.40. The Morgan fingerprint density at radius 2 is 1.78 bits per heavy atom. The molecule has 4 rings (SSSR count). The fraction of sp³-hybridized carbons (Fsp3) is 0.238. The molecule has 0 unspecified atom stereocenters. The molecule has 1 aromatic heterocycles. The number of H-pyrrole nitrogens is 1. The number of fused-ring (bicyclic) bond motifs is 3. The van der Waals surface area contributed by atoms with E-state index in [-0.39, 0.29) is 19.1 Å². The molecule has 6 heteroatoms. The first-order chi connectivity index (χ1) is 13.2. The third-order valence-corrected chi connectivity index (χ3v) is 4.69. The summed E-state index contributed by atoms with van der Waals surface area (Å²) in [6, 6.07) is 17.1. The highest BCUT2D eigenvalue weighted by Gasteiger charge is 2.24. The minimum absolute atomic E-state index is 0.195. The second-order valence-electron chi connectivity index (χ2n) is 6.46. The number of carbonyl (C=O) groups is 2. The highest BCUT2D eigenvalue weighted by atomic mass is 16.6. The van der Waals surface area contributed by atoms with Gasteiger partial charge < -0.3 is 19.4 Å². The highest BCUT2D eigenvalue weighted by Crippen LogP contribution is 2.27. The molecular formula is C21H20N2O4. The molecule has 6 nitrogen and oxygen atoms in total. The SMILES string of the molecule is O=C(COc1ccccc1)OCC(=O)N1CCc2[nH]c3ccccc3c2C1. The molecule has 0 fully saturated rings. The van der Waals surface area contributed by atoms with E-state index >= 15 is 0 Å². The van der Waals surface area contributed by atoms with E-state index in [1.807, 2.05) is 36.4 Å². The fourth-order valence-electron chi connectivity index (χ4n) is 3.31. The Morgan fingerprint density at radius 1 is 1.00 bits per heavy atom. The van der Waals surface area contributed by atoms with E-state index in [0.29, 0.717) is 18.8 Å². The molecule has 2 aromatic carbocycles. The summed E-state index contributed by atoms with van der Waals surface area (Å²) in [5.74, 6) is -0.167. The van der Waals surface area contributed by atoms with Gasteiger partial charge in [0.25, 0.3) is 5.91 Å². The summed E-state index contributed by atoms with van der Waals surface area (Å²) in [7, 11) is 0. The van der Waals surface area contributed by atoms with Crippen molar-refractivity contribution in [2.45, 2.75) is 13.0 Å². The Hall–Kier alpha value is -3.28. The Labute approximate surface area is 156 Å². The number of nitrogens with one attached hydrogen (secondary N) is 1. The maximum atomic E-state index is 12.4. The minimum Gasteiger partial charge on any atom is -0.482 e. The number of rotatable bonds is 5. The van der Waals surface area contributed by atoms with Crippen LogP contribution in [0.25, 0.3) is 10.9 Å². The number of ether oxygens (including phenoxy) is 2. The van der Waals surface area contributed by atoms with Gasteiger partial charge in [0.15, 0.2) is 13.2 Å². The van der Waals surface area contributed by atoms with E-state index in [9.17, 15) is 9.59 Å². The van der Waals surface area contributed by atoms with E-state index in [4.69, 9.17) is 9.47 Å². The van der Waals surface area contributed by atoms with Crippen molar-refractivity contribution in [1.82, 2.24) is 9.88 Å². The number of esters is 1. The molecule has 2 heterocycles. The van der Waals surface area contributed by atoms with Crippen molar-refractivity contribution in [3.05, 3.63) is 65.9 Å². The predicted octanol–water partition coefficient (Wildman–Crippen LogP) is 2.67. The number of amides is 1. The molecule has 0 radical (unpaired) electrons. The molecule has 138 valence electrons. The van der Waals surface area contributed by atoms with Gasteiger partial charge >= 0.3 is 5.97 Å². The van der Waals surface area contributed by atoms with Gasteiger partial charge in [0.05, 0.1) is 0 Å². The van der Waals surface area contributed by atoms with E-state index in [2.05, 4.69) is 11.1 Å². The third kappa shape index (κ3) is 3.79. The van der Waals surface area contributed by atoms with E-state index in [1.54, 1.807) is 17.0 Å². The van der Waals surface area contributed by atoms with Gasteiger partial charge in [-0.1, -0.05) is 36.4 Å². The molecule has 1 N–H and O–H groups in total. The van der Waals surface area contributed by atoms with Crippen molar-refractivity contribution < 1.29 is 19.1 Å². The first kappa shape index (κ1) is 17.1. The maximum absolute atomic E-state index is 12.4. The van der Waals surface area contributed by atoms with Crippen molar-refractivity contribution in [2.24, 2.45) is 0 Å². The van der Waals surface area contributed by atoms with Gasteiger partial charge in [-0.25, -0.2) is 4.79 Å². The first-order valence-electron chi connectivity index (χ1n) is 8.90. The minimum atomic E-state index is -0.558. The van der Waals surface area contributed by atoms with Gasteiger partial charge in [0.2, 0.25) is 0 Å². The van der Waals surface area contributed by atoms with Crippen molar-refractivity contribution >= 4 is 22.8 Å². The zero-order chi connectivity index (χ0) is 18.6. The van der Waals surface area contributed by atoms with Crippen LogP contribution in [-0.2, 0) is 27.3 Å². The molecule has 0 saturated heterocycles. The molecule has 0 bridgehead atoms. The lowest BCUT2D eigenvalue weighted by atomic mass is 10.0. The van der Waals surface area contributed by atoms with Gasteiger partial charge in [0.1, 0.15) is 5.75 Å². The summed E-state index contributed by atoms with van der Waals surface area (Å²) in [5, 5.41) is 1.14. The quantitative estimate of drug-likeness (QED) is 0.707. The number of aromatic nitrogens is 1. The summed E-state index contributed by atoms with van der Waals surface area (Å²) in [4.78, 5) is 29.4. The second kappa shape index (κ2) is 7.53. The van der Waals surface area contributed by atoms with Crippen LogP contribution in [0, 0.1) is 0 Å². The van der Waals surface area contributed by atoms with Crippen LogP contribution in [-0.4, -0.2) is 41.5 Å². The van der Waals surface area contributed by atoms with Crippen LogP contribution in [0.4, 0.5) is 0 Å². The second-order valence-corrected chi connectivity index (χ2v) is 6.46. The third-order valence-electron chi connectivity index (χ3n) is 4.69. The lowest BCUT2D eigenvalue weighted by molar-refractivity contribution is -0.154. The number of benzene rings is 2. The summed E-state index contributed by atoms with van der Waals surface area (Å²) in [6.07, 6.45) is 0.765. The molecule has 3 aromatic rings. The Balaban J connectivity index is 1.31. The summed E-state index contributed by atoms with van der Waals surface area (Å²) >= 11 is 0. The zero-order valence-corrected chi connectivity index (χ0v) is 14.8. The van der Waals surface area contributed by atoms with E-state index in [0.717, 1.165) is 22.9 Å². The first-order valence-corrected chi connectivity index (χ1v) is 8.90. The van der Waals surface area contributed by atoms with Crippen molar-refractivity contribution in [3.63, 3.8) is 0 Å². The van der Waals surface area contributed by atoms with Gasteiger partial charge in [-0.2, -0.15) is 0 Å². The average molecular weight is 364 g/mol. The summed E-state index contributed by atoms with van der Waals surface area (Å²) < 4.78 is 10.4. The zero-order valence-electron chi connectivity index (χ0n) is 14.8. The maximum Gasteiger partial charge on any atom is 0.344 e. The van der Waals surface area contributed by atoms with Crippen LogP contribution >= 0.6 is 0 Å². The van der Waals surface area contributed by atoms with E-state index < -0.39 is 5.97 Å². The number of aromatic amines is 1. The number of hydrogen-bond donors (Lipinski definition) is 1. The van der Waals surface area contributed by atoms with Crippen LogP contribution in [0.2, 0.25) is 0 Å². The largest absolute Gasteiger partial charge is 0.482 e. The Morgan fingerprint density at radius 3 is 2.63 bits per heavy atom. The molecule has 27 heavy (non-hydrogen) atoms. The van der Waals surface area contributed by atoms with Crippen LogP contribution in [0.3, 0.4) is 0 Å². The van der Waals surface area contributed by atoms with Gasteiger partial charge in [0, 0.05) is 41.7 Å². The lowest BCUT2D eigenvalue weighted by Gasteiger charge is -2.27. The predicted molar refractivity (Wildman–Crippen MR) is 100 cm³/mol. The molecule has 0 spiro atoms. The van der Waals surface area contributed by atoms with Crippen LogP contribution in [0.1, 0.15) is 11.3 Å².